The van der Waals surface area contributed by atoms with Gasteiger partial charge in [0.25, 0.3) is 0 Å². The number of allylic oxidation sites excluding steroid dienone is 2. The third-order valence-corrected chi connectivity index (χ3v) is 3.65. The SMILES string of the molecule is C(/C=C/c1ccccc1)=Nc1ccc(N=C/C=C/c2ccccc2)cc1. The molecule has 0 aliphatic carbocycles. The topological polar surface area (TPSA) is 24.7 Å². The Morgan fingerprint density at radius 1 is 0.462 bits per heavy atom. The van der Waals surface area contributed by atoms with Gasteiger partial charge in [-0.2, -0.15) is 0 Å². The monoisotopic (exact) mass is 336 g/mol. The number of hydrogen-bond donors (Lipinski definition) is 0. The highest BCUT2D eigenvalue weighted by Gasteiger charge is 1.89. The molecule has 0 N–H and O–H groups in total. The molecule has 0 radical (unpaired) electrons. The molecule has 0 amide bonds. The van der Waals surface area contributed by atoms with Crippen molar-refractivity contribution in [3.05, 3.63) is 108 Å². The summed E-state index contributed by atoms with van der Waals surface area (Å²) < 4.78 is 0. The fourth-order valence-corrected chi connectivity index (χ4v) is 2.32. The molecule has 0 saturated carbocycles. The Bertz CT molecular complexity index is 825. The summed E-state index contributed by atoms with van der Waals surface area (Å²) in [6.07, 6.45) is 11.5. The van der Waals surface area contributed by atoms with Crippen LogP contribution in [0.1, 0.15) is 11.1 Å². The molecular formula is C24H20N2. The molecule has 0 aromatic heterocycles. The smallest absolute Gasteiger partial charge is 0.0631 e. The van der Waals surface area contributed by atoms with Gasteiger partial charge < -0.3 is 0 Å². The van der Waals surface area contributed by atoms with E-state index < -0.39 is 0 Å². The molecule has 0 heterocycles. The minimum absolute atomic E-state index is 0.904. The zero-order chi connectivity index (χ0) is 17.9. The van der Waals surface area contributed by atoms with Gasteiger partial charge in [0.1, 0.15) is 0 Å². The molecule has 126 valence electrons. The van der Waals surface area contributed by atoms with Crippen LogP contribution >= 0.6 is 0 Å². The summed E-state index contributed by atoms with van der Waals surface area (Å²) in [7, 11) is 0. The van der Waals surface area contributed by atoms with E-state index >= 15 is 0 Å². The molecule has 0 aliphatic rings. The number of hydrogen-bond acceptors (Lipinski definition) is 2. The number of aliphatic imine (C=N–C) groups is 2. The Kier molecular flexibility index (Phi) is 6.46. The maximum Gasteiger partial charge on any atom is 0.0631 e. The van der Waals surface area contributed by atoms with E-state index in [2.05, 4.69) is 34.3 Å². The molecule has 0 unspecified atom stereocenters. The Balaban J connectivity index is 1.53. The molecule has 2 heteroatoms. The van der Waals surface area contributed by atoms with E-state index in [-0.39, 0.29) is 0 Å². The molecule has 0 bridgehead atoms. The minimum Gasteiger partial charge on any atom is -0.257 e. The van der Waals surface area contributed by atoms with Crippen molar-refractivity contribution in [1.82, 2.24) is 0 Å². The molecule has 26 heavy (non-hydrogen) atoms. The van der Waals surface area contributed by atoms with Crippen LogP contribution < -0.4 is 0 Å². The predicted molar refractivity (Wildman–Crippen MR) is 114 cm³/mol. The number of benzene rings is 3. The second kappa shape index (κ2) is 9.70. The van der Waals surface area contributed by atoms with Crippen molar-refractivity contribution in [2.75, 3.05) is 0 Å². The normalized spacial score (nSPS) is 12.0. The summed E-state index contributed by atoms with van der Waals surface area (Å²) >= 11 is 0. The van der Waals surface area contributed by atoms with Crippen LogP contribution in [0.25, 0.3) is 12.2 Å². The number of nitrogens with zero attached hydrogens (tertiary/aromatic N) is 2. The van der Waals surface area contributed by atoms with Gasteiger partial charge >= 0.3 is 0 Å². The van der Waals surface area contributed by atoms with Crippen LogP contribution in [0.5, 0.6) is 0 Å². The molecular weight excluding hydrogens is 316 g/mol. The Morgan fingerprint density at radius 2 is 0.846 bits per heavy atom. The first-order valence-corrected chi connectivity index (χ1v) is 8.52. The number of rotatable bonds is 6. The maximum absolute atomic E-state index is 4.42. The van der Waals surface area contributed by atoms with Crippen molar-refractivity contribution >= 4 is 36.0 Å². The molecule has 3 aromatic carbocycles. The van der Waals surface area contributed by atoms with Gasteiger partial charge in [-0.3, -0.25) is 9.98 Å². The highest BCUT2D eigenvalue weighted by atomic mass is 14.7. The van der Waals surface area contributed by atoms with Gasteiger partial charge in [0.05, 0.1) is 11.4 Å². The van der Waals surface area contributed by atoms with Crippen molar-refractivity contribution in [2.45, 2.75) is 0 Å². The van der Waals surface area contributed by atoms with E-state index in [0.717, 1.165) is 22.5 Å². The highest BCUT2D eigenvalue weighted by molar-refractivity contribution is 5.81. The zero-order valence-corrected chi connectivity index (χ0v) is 14.4. The molecule has 2 nitrogen and oxygen atoms in total. The molecule has 0 fully saturated rings. The van der Waals surface area contributed by atoms with Gasteiger partial charge in [0.15, 0.2) is 0 Å². The fourth-order valence-electron chi connectivity index (χ4n) is 2.32. The highest BCUT2D eigenvalue weighted by Crippen LogP contribution is 2.18. The van der Waals surface area contributed by atoms with Gasteiger partial charge in [-0.25, -0.2) is 0 Å². The van der Waals surface area contributed by atoms with Crippen molar-refractivity contribution in [1.29, 1.82) is 0 Å². The van der Waals surface area contributed by atoms with Crippen molar-refractivity contribution in [3.63, 3.8) is 0 Å². The Labute approximate surface area is 154 Å². The van der Waals surface area contributed by atoms with E-state index in [1.807, 2.05) is 85.0 Å². The van der Waals surface area contributed by atoms with Gasteiger partial charge in [-0.05, 0) is 47.5 Å². The summed E-state index contributed by atoms with van der Waals surface area (Å²) in [6, 6.07) is 28.2. The predicted octanol–water partition coefficient (Wildman–Crippen LogP) is 6.52. The van der Waals surface area contributed by atoms with Crippen molar-refractivity contribution < 1.29 is 0 Å². The summed E-state index contributed by atoms with van der Waals surface area (Å²) in [6.45, 7) is 0. The van der Waals surface area contributed by atoms with Crippen LogP contribution in [0.4, 0.5) is 11.4 Å². The first-order chi connectivity index (χ1) is 12.9. The van der Waals surface area contributed by atoms with Crippen LogP contribution in [0.3, 0.4) is 0 Å². The van der Waals surface area contributed by atoms with E-state index in [1.54, 1.807) is 12.4 Å². The quantitative estimate of drug-likeness (QED) is 0.458. The van der Waals surface area contributed by atoms with Crippen LogP contribution in [-0.4, -0.2) is 12.4 Å². The van der Waals surface area contributed by atoms with E-state index in [4.69, 9.17) is 0 Å². The van der Waals surface area contributed by atoms with Crippen molar-refractivity contribution in [3.8, 4) is 0 Å². The lowest BCUT2D eigenvalue weighted by Gasteiger charge is -1.94. The Morgan fingerprint density at radius 3 is 1.23 bits per heavy atom. The summed E-state index contributed by atoms with van der Waals surface area (Å²) in [5.74, 6) is 0. The molecule has 0 atom stereocenters. The lowest BCUT2D eigenvalue weighted by atomic mass is 10.2. The fraction of sp³-hybridized carbons (Fsp3) is 0. The van der Waals surface area contributed by atoms with E-state index in [0.29, 0.717) is 0 Å². The summed E-state index contributed by atoms with van der Waals surface area (Å²) in [5, 5.41) is 0. The lowest BCUT2D eigenvalue weighted by molar-refractivity contribution is 1.49. The minimum atomic E-state index is 0.904. The summed E-state index contributed by atoms with van der Waals surface area (Å²) in [5.41, 5.74) is 4.13. The molecule has 0 spiro atoms. The van der Waals surface area contributed by atoms with Gasteiger partial charge in [0, 0.05) is 12.4 Å². The summed E-state index contributed by atoms with van der Waals surface area (Å²) in [4.78, 5) is 8.84. The van der Waals surface area contributed by atoms with Crippen LogP contribution in [0, 0.1) is 0 Å². The molecule has 3 rings (SSSR count). The van der Waals surface area contributed by atoms with Gasteiger partial charge in [-0.15, -0.1) is 0 Å². The van der Waals surface area contributed by atoms with Crippen LogP contribution in [-0.2, 0) is 0 Å². The van der Waals surface area contributed by atoms with Crippen LogP contribution in [0.2, 0.25) is 0 Å². The first kappa shape index (κ1) is 17.3. The third kappa shape index (κ3) is 5.84. The zero-order valence-electron chi connectivity index (χ0n) is 14.4. The molecule has 0 saturated heterocycles. The first-order valence-electron chi connectivity index (χ1n) is 8.52. The van der Waals surface area contributed by atoms with Crippen LogP contribution in [0.15, 0.2) is 107 Å². The van der Waals surface area contributed by atoms with Gasteiger partial charge in [-0.1, -0.05) is 72.8 Å². The Hall–Kier alpha value is -3.52. The third-order valence-electron chi connectivity index (χ3n) is 3.65. The van der Waals surface area contributed by atoms with Gasteiger partial charge in [0.2, 0.25) is 0 Å². The maximum atomic E-state index is 4.42. The molecule has 3 aromatic rings. The average Bonchev–Trinajstić information content (AvgIpc) is 2.71. The standard InChI is InChI=1S/C24H20N2/c1-3-9-21(10-4-1)13-7-19-25-23-15-17-24(18-16-23)26-20-8-14-22-11-5-2-6-12-22/h1-20H/b13-7+,14-8+,25-19?,26-20?. The largest absolute Gasteiger partial charge is 0.257 e. The second-order valence-corrected chi connectivity index (χ2v) is 5.61. The second-order valence-electron chi connectivity index (χ2n) is 5.61. The van der Waals surface area contributed by atoms with E-state index in [9.17, 15) is 0 Å². The van der Waals surface area contributed by atoms with Crippen molar-refractivity contribution in [2.24, 2.45) is 9.98 Å². The lowest BCUT2D eigenvalue weighted by Crippen LogP contribution is -1.71. The van der Waals surface area contributed by atoms with E-state index in [1.165, 1.54) is 0 Å². The molecule has 0 aliphatic heterocycles. The average molecular weight is 336 g/mol.